The number of piperidine rings is 1. The number of aryl methyl sites for hydroxylation is 1. The second-order valence-corrected chi connectivity index (χ2v) is 9.31. The molecule has 18 heavy (non-hydrogen) atoms. The first-order chi connectivity index (χ1) is 8.45. The van der Waals surface area contributed by atoms with E-state index in [1.165, 1.54) is 11.3 Å². The summed E-state index contributed by atoms with van der Waals surface area (Å²) in [6, 6.07) is 1.76. The van der Waals surface area contributed by atoms with Crippen LogP contribution in [0.1, 0.15) is 31.7 Å². The number of thiophene rings is 1. The van der Waals surface area contributed by atoms with Crippen LogP contribution in [0.25, 0.3) is 0 Å². The lowest BCUT2D eigenvalue weighted by molar-refractivity contribution is 0.269. The number of sulfonamides is 1. The molecule has 0 unspecified atom stereocenters. The van der Waals surface area contributed by atoms with Crippen molar-refractivity contribution in [2.24, 2.45) is 5.92 Å². The molecule has 0 radical (unpaired) electrons. The molecule has 0 spiro atoms. The van der Waals surface area contributed by atoms with Crippen molar-refractivity contribution in [3.63, 3.8) is 0 Å². The molecule has 1 aromatic rings. The normalized spacial score (nSPS) is 19.3. The van der Waals surface area contributed by atoms with Crippen LogP contribution in [0.4, 0.5) is 0 Å². The van der Waals surface area contributed by atoms with Crippen LogP contribution < -0.4 is 0 Å². The molecular formula is C12H18BrNO2S2. The molecule has 1 saturated heterocycles. The molecule has 0 aromatic carbocycles. The molecule has 1 fully saturated rings. The minimum absolute atomic E-state index is 0.460. The maximum absolute atomic E-state index is 12.5. The first kappa shape index (κ1) is 14.5. The van der Waals surface area contributed by atoms with Crippen molar-refractivity contribution in [1.82, 2.24) is 4.31 Å². The molecule has 2 rings (SSSR count). The van der Waals surface area contributed by atoms with Crippen molar-refractivity contribution in [2.75, 3.05) is 13.1 Å². The lowest BCUT2D eigenvalue weighted by Crippen LogP contribution is -2.37. The van der Waals surface area contributed by atoms with E-state index in [2.05, 4.69) is 22.9 Å². The van der Waals surface area contributed by atoms with Gasteiger partial charge in [-0.3, -0.25) is 0 Å². The highest BCUT2D eigenvalue weighted by molar-refractivity contribution is 9.11. The van der Waals surface area contributed by atoms with Crippen molar-refractivity contribution in [1.29, 1.82) is 0 Å². The van der Waals surface area contributed by atoms with E-state index in [4.69, 9.17) is 0 Å². The van der Waals surface area contributed by atoms with Crippen LogP contribution in [0.3, 0.4) is 0 Å². The van der Waals surface area contributed by atoms with Gasteiger partial charge < -0.3 is 0 Å². The lowest BCUT2D eigenvalue weighted by atomic mass is 9.96. The van der Waals surface area contributed by atoms with Gasteiger partial charge in [0.05, 0.1) is 3.79 Å². The van der Waals surface area contributed by atoms with Crippen molar-refractivity contribution < 1.29 is 8.42 Å². The molecule has 1 aliphatic heterocycles. The first-order valence-electron chi connectivity index (χ1n) is 6.21. The van der Waals surface area contributed by atoms with Crippen LogP contribution in [-0.2, 0) is 10.0 Å². The molecule has 0 amide bonds. The second kappa shape index (κ2) is 5.61. The van der Waals surface area contributed by atoms with Gasteiger partial charge in [-0.1, -0.05) is 13.3 Å². The summed E-state index contributed by atoms with van der Waals surface area (Å²) in [6.45, 7) is 5.42. The maximum atomic E-state index is 12.5. The summed E-state index contributed by atoms with van der Waals surface area (Å²) < 4.78 is 27.9. The van der Waals surface area contributed by atoms with Gasteiger partial charge in [0.2, 0.25) is 0 Å². The summed E-state index contributed by atoms with van der Waals surface area (Å²) in [4.78, 5) is 0. The van der Waals surface area contributed by atoms with Gasteiger partial charge in [-0.25, -0.2) is 8.42 Å². The third-order valence-corrected chi connectivity index (χ3v) is 8.06. The van der Waals surface area contributed by atoms with Crippen LogP contribution in [0.15, 0.2) is 14.1 Å². The average Bonchev–Trinajstić information content (AvgIpc) is 2.70. The van der Waals surface area contributed by atoms with Gasteiger partial charge in [-0.05, 0) is 53.2 Å². The molecule has 0 saturated carbocycles. The molecule has 3 nitrogen and oxygen atoms in total. The van der Waals surface area contributed by atoms with E-state index in [0.717, 1.165) is 28.6 Å². The van der Waals surface area contributed by atoms with Crippen molar-refractivity contribution in [3.05, 3.63) is 15.4 Å². The molecular weight excluding hydrogens is 334 g/mol. The second-order valence-electron chi connectivity index (χ2n) is 4.78. The number of halogens is 1. The Balaban J connectivity index is 2.17. The Morgan fingerprint density at radius 3 is 2.50 bits per heavy atom. The van der Waals surface area contributed by atoms with E-state index in [1.54, 1.807) is 10.4 Å². The van der Waals surface area contributed by atoms with Crippen LogP contribution in [0.2, 0.25) is 0 Å². The zero-order valence-corrected chi connectivity index (χ0v) is 13.9. The highest BCUT2D eigenvalue weighted by Crippen LogP contribution is 2.33. The summed E-state index contributed by atoms with van der Waals surface area (Å²) in [5.41, 5.74) is 0.988. The number of hydrogen-bond acceptors (Lipinski definition) is 3. The summed E-state index contributed by atoms with van der Waals surface area (Å²) in [6.07, 6.45) is 3.13. The fourth-order valence-corrected chi connectivity index (χ4v) is 6.09. The third kappa shape index (κ3) is 2.81. The standard InChI is InChI=1S/C12H18BrNO2S2/c1-3-10-4-6-14(7-5-10)18(15,16)11-8-9(2)12(13)17-11/h8,10H,3-7H2,1-2H3. The number of nitrogens with zero attached hydrogens (tertiary/aromatic N) is 1. The predicted molar refractivity (Wildman–Crippen MR) is 78.5 cm³/mol. The van der Waals surface area contributed by atoms with E-state index in [-0.39, 0.29) is 0 Å². The zero-order valence-electron chi connectivity index (χ0n) is 10.6. The molecule has 2 heterocycles. The maximum Gasteiger partial charge on any atom is 0.252 e. The van der Waals surface area contributed by atoms with E-state index in [1.807, 2.05) is 6.92 Å². The highest BCUT2D eigenvalue weighted by atomic mass is 79.9. The first-order valence-corrected chi connectivity index (χ1v) is 9.26. The van der Waals surface area contributed by atoms with Crippen LogP contribution in [-0.4, -0.2) is 25.8 Å². The SMILES string of the molecule is CCC1CCN(S(=O)(=O)c2cc(C)c(Br)s2)CC1. The molecule has 0 aliphatic carbocycles. The van der Waals surface area contributed by atoms with Gasteiger partial charge in [0.1, 0.15) is 4.21 Å². The third-order valence-electron chi connectivity index (χ3n) is 3.58. The van der Waals surface area contributed by atoms with E-state index in [9.17, 15) is 8.42 Å². The fraction of sp³-hybridized carbons (Fsp3) is 0.667. The van der Waals surface area contributed by atoms with Gasteiger partial charge in [-0.2, -0.15) is 4.31 Å². The molecule has 0 N–H and O–H groups in total. The number of rotatable bonds is 3. The Morgan fingerprint density at radius 1 is 1.44 bits per heavy atom. The highest BCUT2D eigenvalue weighted by Gasteiger charge is 2.30. The molecule has 0 atom stereocenters. The summed E-state index contributed by atoms with van der Waals surface area (Å²) in [5, 5.41) is 0. The molecule has 6 heteroatoms. The quantitative estimate of drug-likeness (QED) is 0.833. The van der Waals surface area contributed by atoms with E-state index >= 15 is 0 Å². The Hall–Kier alpha value is 0.0900. The molecule has 0 bridgehead atoms. The van der Waals surface area contributed by atoms with Gasteiger partial charge in [0, 0.05) is 13.1 Å². The van der Waals surface area contributed by atoms with Crippen molar-refractivity contribution >= 4 is 37.3 Å². The van der Waals surface area contributed by atoms with Gasteiger partial charge in [0.15, 0.2) is 0 Å². The molecule has 1 aliphatic rings. The van der Waals surface area contributed by atoms with Crippen molar-refractivity contribution in [3.8, 4) is 0 Å². The summed E-state index contributed by atoms with van der Waals surface area (Å²) in [5.74, 6) is 0.688. The molecule has 102 valence electrons. The van der Waals surface area contributed by atoms with Crippen LogP contribution in [0, 0.1) is 12.8 Å². The topological polar surface area (TPSA) is 37.4 Å². The van der Waals surface area contributed by atoms with Crippen molar-refractivity contribution in [2.45, 2.75) is 37.3 Å². The Bertz CT molecular complexity index is 497. The Labute approximate surface area is 121 Å². The predicted octanol–water partition coefficient (Wildman–Crippen LogP) is 3.63. The molecule has 1 aromatic heterocycles. The average molecular weight is 352 g/mol. The van der Waals surface area contributed by atoms with Gasteiger partial charge >= 0.3 is 0 Å². The Morgan fingerprint density at radius 2 is 2.06 bits per heavy atom. The van der Waals surface area contributed by atoms with Crippen LogP contribution in [0.5, 0.6) is 0 Å². The van der Waals surface area contributed by atoms with Gasteiger partial charge in [0.25, 0.3) is 10.0 Å². The summed E-state index contributed by atoms with van der Waals surface area (Å²) in [7, 11) is -3.27. The van der Waals surface area contributed by atoms with Crippen LogP contribution >= 0.6 is 27.3 Å². The monoisotopic (exact) mass is 351 g/mol. The lowest BCUT2D eigenvalue weighted by Gasteiger charge is -2.30. The fourth-order valence-electron chi connectivity index (χ4n) is 2.24. The smallest absolute Gasteiger partial charge is 0.206 e. The Kier molecular flexibility index (Phi) is 4.52. The number of hydrogen-bond donors (Lipinski definition) is 0. The van der Waals surface area contributed by atoms with E-state index < -0.39 is 10.0 Å². The zero-order chi connectivity index (χ0) is 13.3. The largest absolute Gasteiger partial charge is 0.252 e. The summed E-state index contributed by atoms with van der Waals surface area (Å²) >= 11 is 4.70. The van der Waals surface area contributed by atoms with E-state index in [0.29, 0.717) is 23.2 Å². The minimum Gasteiger partial charge on any atom is -0.206 e. The van der Waals surface area contributed by atoms with Gasteiger partial charge in [-0.15, -0.1) is 11.3 Å². The minimum atomic E-state index is -3.27.